The van der Waals surface area contributed by atoms with Crippen LogP contribution in [0.1, 0.15) is 18.5 Å². The number of para-hydroxylation sites is 1. The Kier molecular flexibility index (Phi) is 4.84. The fourth-order valence-electron chi connectivity index (χ4n) is 3.26. The molecule has 4 rings (SSSR count). The van der Waals surface area contributed by atoms with Crippen LogP contribution < -0.4 is 11.1 Å². The number of nitrogen functional groups attached to an aromatic ring is 1. The van der Waals surface area contributed by atoms with E-state index in [0.29, 0.717) is 16.4 Å². The van der Waals surface area contributed by atoms with Gasteiger partial charge in [-0.25, -0.2) is 9.37 Å². The van der Waals surface area contributed by atoms with Crippen LogP contribution in [0.2, 0.25) is 5.02 Å². The van der Waals surface area contributed by atoms with Crippen molar-refractivity contribution in [2.24, 2.45) is 0 Å². The van der Waals surface area contributed by atoms with Crippen LogP contribution in [-0.2, 0) is 0 Å². The molecule has 0 fully saturated rings. The highest BCUT2D eigenvalue weighted by atomic mass is 35.5. The number of nitrogens with zero attached hydrogens (tertiary/aromatic N) is 2. The number of hydrogen-bond acceptors (Lipinski definition) is 4. The Bertz CT molecular complexity index is 1160. The smallest absolute Gasteiger partial charge is 0.131 e. The maximum Gasteiger partial charge on any atom is 0.131 e. The van der Waals surface area contributed by atoms with Crippen molar-refractivity contribution in [3.05, 3.63) is 83.4 Å². The lowest BCUT2D eigenvalue weighted by Gasteiger charge is -2.20. The van der Waals surface area contributed by atoms with Gasteiger partial charge in [-0.3, -0.25) is 4.98 Å². The number of pyridine rings is 2. The number of hydrogen-bond donors (Lipinski definition) is 2. The second kappa shape index (κ2) is 7.44. The molecule has 0 amide bonds. The molecule has 0 spiro atoms. The molecule has 0 saturated heterocycles. The van der Waals surface area contributed by atoms with Gasteiger partial charge in [0.05, 0.1) is 22.3 Å². The van der Waals surface area contributed by atoms with Crippen molar-refractivity contribution in [2.45, 2.75) is 13.0 Å². The summed E-state index contributed by atoms with van der Waals surface area (Å²) in [4.78, 5) is 8.45. The van der Waals surface area contributed by atoms with Crippen molar-refractivity contribution >= 4 is 34.0 Å². The van der Waals surface area contributed by atoms with Gasteiger partial charge >= 0.3 is 0 Å². The first-order valence-corrected chi connectivity index (χ1v) is 9.22. The zero-order valence-corrected chi connectivity index (χ0v) is 15.9. The van der Waals surface area contributed by atoms with E-state index in [-0.39, 0.29) is 11.9 Å². The molecule has 0 aliphatic heterocycles. The molecule has 28 heavy (non-hydrogen) atoms. The molecular weight excluding hydrogens is 375 g/mol. The maximum atomic E-state index is 14.6. The first-order valence-electron chi connectivity index (χ1n) is 8.84. The van der Waals surface area contributed by atoms with Crippen molar-refractivity contribution in [3.63, 3.8) is 0 Å². The molecule has 0 aliphatic carbocycles. The van der Waals surface area contributed by atoms with E-state index < -0.39 is 0 Å². The first-order chi connectivity index (χ1) is 13.5. The summed E-state index contributed by atoms with van der Waals surface area (Å²) < 4.78 is 14.6. The fraction of sp³-hybridized carbons (Fsp3) is 0.0909. The number of nitrogens with one attached hydrogen (secondary N) is 1. The van der Waals surface area contributed by atoms with Gasteiger partial charge in [0.15, 0.2) is 0 Å². The van der Waals surface area contributed by atoms with Crippen molar-refractivity contribution in [2.75, 3.05) is 11.1 Å². The molecule has 0 bridgehead atoms. The van der Waals surface area contributed by atoms with Crippen LogP contribution in [0, 0.1) is 5.82 Å². The van der Waals surface area contributed by atoms with Crippen molar-refractivity contribution < 1.29 is 4.39 Å². The normalized spacial score (nSPS) is 12.1. The summed E-state index contributed by atoms with van der Waals surface area (Å²) in [5, 5.41) is 4.71. The number of fused-ring (bicyclic) bond motifs is 1. The van der Waals surface area contributed by atoms with Crippen LogP contribution in [0.15, 0.2) is 67.0 Å². The lowest BCUT2D eigenvalue weighted by atomic mass is 9.99. The Balaban J connectivity index is 1.73. The van der Waals surface area contributed by atoms with Crippen LogP contribution in [0.5, 0.6) is 0 Å². The zero-order valence-electron chi connectivity index (χ0n) is 15.2. The van der Waals surface area contributed by atoms with E-state index in [9.17, 15) is 4.39 Å². The summed E-state index contributed by atoms with van der Waals surface area (Å²) in [6.45, 7) is 1.89. The summed E-state index contributed by atoms with van der Waals surface area (Å²) in [6, 6.07) is 16.0. The molecule has 6 heteroatoms. The fourth-order valence-corrected chi connectivity index (χ4v) is 3.47. The summed E-state index contributed by atoms with van der Waals surface area (Å²) in [7, 11) is 0. The predicted molar refractivity (Wildman–Crippen MR) is 113 cm³/mol. The quantitative estimate of drug-likeness (QED) is 0.457. The predicted octanol–water partition coefficient (Wildman–Crippen LogP) is 5.84. The van der Waals surface area contributed by atoms with Gasteiger partial charge in [-0.15, -0.1) is 0 Å². The molecule has 2 heterocycles. The minimum absolute atomic E-state index is 0.305. The lowest BCUT2D eigenvalue weighted by molar-refractivity contribution is 0.600. The molecular formula is C22H18ClFN4. The molecule has 0 saturated carbocycles. The van der Waals surface area contributed by atoms with Gasteiger partial charge in [0, 0.05) is 28.9 Å². The maximum absolute atomic E-state index is 14.6. The van der Waals surface area contributed by atoms with Gasteiger partial charge in [-0.1, -0.05) is 35.9 Å². The topological polar surface area (TPSA) is 63.8 Å². The monoisotopic (exact) mass is 392 g/mol. The van der Waals surface area contributed by atoms with E-state index in [1.54, 1.807) is 30.6 Å². The van der Waals surface area contributed by atoms with E-state index in [1.807, 2.05) is 37.3 Å². The molecule has 140 valence electrons. The number of anilines is 2. The van der Waals surface area contributed by atoms with Gasteiger partial charge in [0.25, 0.3) is 0 Å². The minimum Gasteiger partial charge on any atom is -0.383 e. The summed E-state index contributed by atoms with van der Waals surface area (Å²) in [5.74, 6) is 0.101. The van der Waals surface area contributed by atoms with E-state index in [1.165, 1.54) is 6.07 Å². The standard InChI is InChI=1S/C22H18ClFN4/c1-13(28-21-16-5-2-3-7-20(16)27-12-18(21)23)17-11-14(8-9-19(17)24)15-6-4-10-26-22(15)25/h2-13H,1H3,(H2,25,26)(H,27,28). The SMILES string of the molecule is CC(Nc1c(Cl)cnc2ccccc12)c1cc(-c2cccnc2N)ccc1F. The molecule has 0 radical (unpaired) electrons. The first kappa shape index (κ1) is 18.2. The van der Waals surface area contributed by atoms with Crippen molar-refractivity contribution in [1.29, 1.82) is 0 Å². The Labute approximate surface area is 167 Å². The molecule has 2 aromatic heterocycles. The van der Waals surface area contributed by atoms with Gasteiger partial charge in [-0.05, 0) is 42.8 Å². The highest BCUT2D eigenvalue weighted by molar-refractivity contribution is 6.34. The highest BCUT2D eigenvalue weighted by Gasteiger charge is 2.16. The minimum atomic E-state index is -0.332. The lowest BCUT2D eigenvalue weighted by Crippen LogP contribution is -2.10. The van der Waals surface area contributed by atoms with E-state index >= 15 is 0 Å². The molecule has 4 nitrogen and oxygen atoms in total. The van der Waals surface area contributed by atoms with E-state index in [2.05, 4.69) is 15.3 Å². The van der Waals surface area contributed by atoms with Crippen LogP contribution in [0.25, 0.3) is 22.0 Å². The summed E-state index contributed by atoms with van der Waals surface area (Å²) in [5.41, 5.74) is 9.61. The largest absolute Gasteiger partial charge is 0.383 e. The van der Waals surface area contributed by atoms with Gasteiger partial charge in [0.2, 0.25) is 0 Å². The van der Waals surface area contributed by atoms with Crippen molar-refractivity contribution in [3.8, 4) is 11.1 Å². The van der Waals surface area contributed by atoms with Crippen LogP contribution in [-0.4, -0.2) is 9.97 Å². The number of aromatic nitrogens is 2. The molecule has 3 N–H and O–H groups in total. The number of benzene rings is 2. The Morgan fingerprint density at radius 1 is 1.07 bits per heavy atom. The van der Waals surface area contributed by atoms with E-state index in [0.717, 1.165) is 27.7 Å². The van der Waals surface area contributed by atoms with Crippen LogP contribution in [0.3, 0.4) is 0 Å². The molecule has 0 aliphatic rings. The third-order valence-corrected chi connectivity index (χ3v) is 4.99. The third-order valence-electron chi connectivity index (χ3n) is 4.70. The average Bonchev–Trinajstić information content (AvgIpc) is 2.71. The van der Waals surface area contributed by atoms with Crippen LogP contribution in [0.4, 0.5) is 15.9 Å². The second-order valence-electron chi connectivity index (χ2n) is 6.54. The van der Waals surface area contributed by atoms with E-state index in [4.69, 9.17) is 17.3 Å². The number of halogens is 2. The Hall–Kier alpha value is -3.18. The van der Waals surface area contributed by atoms with Gasteiger partial charge in [-0.2, -0.15) is 0 Å². The van der Waals surface area contributed by atoms with Gasteiger partial charge in [0.1, 0.15) is 11.6 Å². The third kappa shape index (κ3) is 3.37. The van der Waals surface area contributed by atoms with Gasteiger partial charge < -0.3 is 11.1 Å². The summed E-state index contributed by atoms with van der Waals surface area (Å²) >= 11 is 6.38. The Morgan fingerprint density at radius 3 is 2.71 bits per heavy atom. The molecule has 1 atom stereocenters. The van der Waals surface area contributed by atoms with Crippen LogP contribution >= 0.6 is 11.6 Å². The van der Waals surface area contributed by atoms with Crippen molar-refractivity contribution in [1.82, 2.24) is 9.97 Å². The second-order valence-corrected chi connectivity index (χ2v) is 6.94. The molecule has 4 aromatic rings. The number of nitrogens with two attached hydrogens (primary N) is 1. The highest BCUT2D eigenvalue weighted by Crippen LogP contribution is 2.34. The average molecular weight is 393 g/mol. The molecule has 2 aromatic carbocycles. The molecule has 1 unspecified atom stereocenters. The Morgan fingerprint density at radius 2 is 1.89 bits per heavy atom. The number of rotatable bonds is 4. The zero-order chi connectivity index (χ0) is 19.7. The summed E-state index contributed by atoms with van der Waals surface area (Å²) in [6.07, 6.45) is 3.23.